The molecule has 0 radical (unpaired) electrons. The lowest BCUT2D eigenvalue weighted by Crippen LogP contribution is -2.40. The van der Waals surface area contributed by atoms with Crippen molar-refractivity contribution in [3.8, 4) is 0 Å². The van der Waals surface area contributed by atoms with Crippen LogP contribution in [0, 0.1) is 5.92 Å². The fraction of sp³-hybridized carbons (Fsp3) is 0.667. The van der Waals surface area contributed by atoms with Crippen LogP contribution in [0.3, 0.4) is 0 Å². The zero-order chi connectivity index (χ0) is 17.2. The predicted molar refractivity (Wildman–Crippen MR) is 117 cm³/mol. The van der Waals surface area contributed by atoms with Crippen LogP contribution in [0.2, 0.25) is 5.15 Å². The van der Waals surface area contributed by atoms with Gasteiger partial charge in [-0.2, -0.15) is 0 Å². The van der Waals surface area contributed by atoms with E-state index >= 15 is 0 Å². The van der Waals surface area contributed by atoms with E-state index in [4.69, 9.17) is 16.6 Å². The van der Waals surface area contributed by atoms with Gasteiger partial charge in [0.15, 0.2) is 5.96 Å². The van der Waals surface area contributed by atoms with Gasteiger partial charge in [-0.25, -0.2) is 4.98 Å². The maximum absolute atomic E-state index is 5.81. The molecule has 0 aliphatic carbocycles. The Morgan fingerprint density at radius 1 is 1.40 bits per heavy atom. The molecule has 1 aromatic heterocycles. The second-order valence-corrected chi connectivity index (χ2v) is 6.86. The van der Waals surface area contributed by atoms with Crippen molar-refractivity contribution in [3.63, 3.8) is 0 Å². The zero-order valence-corrected chi connectivity index (χ0v) is 18.4. The number of pyridine rings is 1. The third-order valence-corrected chi connectivity index (χ3v) is 4.49. The number of aromatic nitrogens is 1. The number of halogens is 2. The molecular formula is C18H31ClIN5. The number of aliphatic imine (C=N–C) groups is 1. The summed E-state index contributed by atoms with van der Waals surface area (Å²) in [6.07, 6.45) is 5.41. The Balaban J connectivity index is 0.00000312. The Morgan fingerprint density at radius 3 is 2.92 bits per heavy atom. The lowest BCUT2D eigenvalue weighted by molar-refractivity contribution is 0.189. The second kappa shape index (κ2) is 12.7. The fourth-order valence-electron chi connectivity index (χ4n) is 3.01. The highest BCUT2D eigenvalue weighted by atomic mass is 127. The van der Waals surface area contributed by atoms with Crippen molar-refractivity contribution in [2.24, 2.45) is 10.9 Å². The van der Waals surface area contributed by atoms with E-state index in [-0.39, 0.29) is 24.0 Å². The monoisotopic (exact) mass is 479 g/mol. The van der Waals surface area contributed by atoms with Gasteiger partial charge in [0.05, 0.1) is 6.54 Å². The first-order chi connectivity index (χ1) is 11.7. The second-order valence-electron chi connectivity index (χ2n) is 6.47. The zero-order valence-electron chi connectivity index (χ0n) is 15.3. The molecule has 0 bridgehead atoms. The maximum atomic E-state index is 5.81. The summed E-state index contributed by atoms with van der Waals surface area (Å²) in [6.45, 7) is 10.4. The average molecular weight is 480 g/mol. The van der Waals surface area contributed by atoms with E-state index in [0.717, 1.165) is 44.5 Å². The fourth-order valence-corrected chi connectivity index (χ4v) is 3.13. The van der Waals surface area contributed by atoms with Crippen LogP contribution in [0.25, 0.3) is 0 Å². The Bertz CT molecular complexity index is 509. The molecule has 1 aliphatic rings. The van der Waals surface area contributed by atoms with Crippen molar-refractivity contribution in [2.45, 2.75) is 33.1 Å². The van der Waals surface area contributed by atoms with E-state index in [1.165, 1.54) is 31.5 Å². The minimum absolute atomic E-state index is 0. The molecule has 142 valence electrons. The molecule has 25 heavy (non-hydrogen) atoms. The van der Waals surface area contributed by atoms with Crippen LogP contribution in [-0.4, -0.2) is 55.1 Å². The summed E-state index contributed by atoms with van der Waals surface area (Å²) in [5.41, 5.74) is 1.17. The molecule has 1 unspecified atom stereocenters. The molecule has 1 aromatic rings. The van der Waals surface area contributed by atoms with E-state index in [0.29, 0.717) is 5.15 Å². The van der Waals surface area contributed by atoms with Crippen molar-refractivity contribution in [1.29, 1.82) is 0 Å². The topological polar surface area (TPSA) is 52.6 Å². The quantitative estimate of drug-likeness (QED) is 0.273. The smallest absolute Gasteiger partial charge is 0.191 e. The lowest BCUT2D eigenvalue weighted by Gasteiger charge is -2.30. The molecule has 1 saturated heterocycles. The van der Waals surface area contributed by atoms with Crippen molar-refractivity contribution in [2.75, 3.05) is 39.3 Å². The Labute approximate surface area is 174 Å². The highest BCUT2D eigenvalue weighted by Crippen LogP contribution is 2.14. The summed E-state index contributed by atoms with van der Waals surface area (Å²) in [4.78, 5) is 11.3. The maximum Gasteiger partial charge on any atom is 0.191 e. The summed E-state index contributed by atoms with van der Waals surface area (Å²) in [5, 5.41) is 7.23. The van der Waals surface area contributed by atoms with Crippen LogP contribution in [0.5, 0.6) is 0 Å². The number of rotatable bonds is 7. The Kier molecular flexibility index (Phi) is 11.4. The largest absolute Gasteiger partial charge is 0.357 e. The molecule has 1 aliphatic heterocycles. The Hall–Kier alpha value is -0.600. The van der Waals surface area contributed by atoms with E-state index in [9.17, 15) is 0 Å². The van der Waals surface area contributed by atoms with Crippen LogP contribution >= 0.6 is 35.6 Å². The molecular weight excluding hydrogens is 449 g/mol. The number of nitrogens with zero attached hydrogens (tertiary/aromatic N) is 3. The molecule has 1 atom stereocenters. The van der Waals surface area contributed by atoms with Crippen molar-refractivity contribution < 1.29 is 0 Å². The van der Waals surface area contributed by atoms with Gasteiger partial charge in [0, 0.05) is 32.4 Å². The normalized spacial score (nSPS) is 18.5. The molecule has 2 N–H and O–H groups in total. The summed E-state index contributed by atoms with van der Waals surface area (Å²) < 4.78 is 0. The van der Waals surface area contributed by atoms with Gasteiger partial charge < -0.3 is 15.5 Å². The number of hydrogen-bond acceptors (Lipinski definition) is 3. The van der Waals surface area contributed by atoms with E-state index in [1.807, 2.05) is 18.3 Å². The summed E-state index contributed by atoms with van der Waals surface area (Å²) in [6, 6.07) is 3.84. The molecule has 0 aromatic carbocycles. The van der Waals surface area contributed by atoms with E-state index in [2.05, 4.69) is 34.4 Å². The van der Waals surface area contributed by atoms with Crippen molar-refractivity contribution >= 4 is 41.5 Å². The van der Waals surface area contributed by atoms with Gasteiger partial charge in [-0.1, -0.05) is 24.6 Å². The van der Waals surface area contributed by atoms with Crippen LogP contribution < -0.4 is 10.6 Å². The van der Waals surface area contributed by atoms with Crippen LogP contribution in [-0.2, 0) is 6.42 Å². The van der Waals surface area contributed by atoms with Crippen LogP contribution in [0.4, 0.5) is 0 Å². The van der Waals surface area contributed by atoms with Gasteiger partial charge in [0.1, 0.15) is 5.15 Å². The molecule has 0 amide bonds. The standard InChI is InChI=1S/C18H30ClN5.HI/c1-3-20-18(21-9-8-16-6-7-17(19)23-13-16)22-10-12-24-11-4-5-15(2)14-24;/h6-7,13,15H,3-5,8-12,14H2,1-2H3,(H2,20,21,22);1H. The average Bonchev–Trinajstić information content (AvgIpc) is 2.57. The van der Waals surface area contributed by atoms with E-state index < -0.39 is 0 Å². The lowest BCUT2D eigenvalue weighted by atomic mass is 10.0. The minimum atomic E-state index is 0. The van der Waals surface area contributed by atoms with Crippen LogP contribution in [0.1, 0.15) is 32.3 Å². The molecule has 5 nitrogen and oxygen atoms in total. The number of piperidine rings is 1. The van der Waals surface area contributed by atoms with Gasteiger partial charge in [0.2, 0.25) is 0 Å². The highest BCUT2D eigenvalue weighted by molar-refractivity contribution is 14.0. The van der Waals surface area contributed by atoms with Gasteiger partial charge in [-0.3, -0.25) is 4.99 Å². The van der Waals surface area contributed by atoms with E-state index in [1.54, 1.807) is 0 Å². The van der Waals surface area contributed by atoms with Gasteiger partial charge in [0.25, 0.3) is 0 Å². The number of guanidine groups is 1. The molecule has 2 rings (SSSR count). The molecule has 0 spiro atoms. The first kappa shape index (κ1) is 22.4. The van der Waals surface area contributed by atoms with Gasteiger partial charge in [-0.15, -0.1) is 24.0 Å². The van der Waals surface area contributed by atoms with Gasteiger partial charge >= 0.3 is 0 Å². The highest BCUT2D eigenvalue weighted by Gasteiger charge is 2.15. The number of nitrogens with one attached hydrogen (secondary N) is 2. The molecule has 1 fully saturated rings. The Morgan fingerprint density at radius 2 is 2.24 bits per heavy atom. The first-order valence-corrected chi connectivity index (χ1v) is 9.40. The number of likely N-dealkylation sites (tertiary alicyclic amines) is 1. The third kappa shape index (κ3) is 9.06. The third-order valence-electron chi connectivity index (χ3n) is 4.27. The number of hydrogen-bond donors (Lipinski definition) is 2. The predicted octanol–water partition coefficient (Wildman–Crippen LogP) is 3.18. The summed E-state index contributed by atoms with van der Waals surface area (Å²) >= 11 is 5.81. The van der Waals surface area contributed by atoms with Crippen molar-refractivity contribution in [1.82, 2.24) is 20.5 Å². The van der Waals surface area contributed by atoms with Gasteiger partial charge in [-0.05, 0) is 50.3 Å². The van der Waals surface area contributed by atoms with Crippen LogP contribution in [0.15, 0.2) is 23.3 Å². The first-order valence-electron chi connectivity index (χ1n) is 9.02. The molecule has 0 saturated carbocycles. The minimum Gasteiger partial charge on any atom is -0.357 e. The van der Waals surface area contributed by atoms with Crippen molar-refractivity contribution in [3.05, 3.63) is 29.0 Å². The summed E-state index contributed by atoms with van der Waals surface area (Å²) in [7, 11) is 0. The SMILES string of the molecule is CCNC(=NCCN1CCCC(C)C1)NCCc1ccc(Cl)nc1.I. The summed E-state index contributed by atoms with van der Waals surface area (Å²) in [5.74, 6) is 1.71. The molecule has 2 heterocycles. The molecule has 7 heteroatoms.